The Morgan fingerprint density at radius 3 is 2.91 bits per heavy atom. The molecule has 8 heteroatoms. The molecular formula is C14H16N4O4. The Kier molecular flexibility index (Phi) is 3.53. The van der Waals surface area contributed by atoms with Crippen molar-refractivity contribution in [1.29, 1.82) is 0 Å². The van der Waals surface area contributed by atoms with Gasteiger partial charge in [-0.3, -0.25) is 4.98 Å². The van der Waals surface area contributed by atoms with E-state index >= 15 is 0 Å². The van der Waals surface area contributed by atoms with Crippen molar-refractivity contribution in [3.63, 3.8) is 0 Å². The maximum absolute atomic E-state index is 10.7. The molecule has 1 amide bonds. The number of methoxy groups -OCH3 is 1. The summed E-state index contributed by atoms with van der Waals surface area (Å²) in [5, 5.41) is 3.90. The lowest BCUT2D eigenvalue weighted by Gasteiger charge is -2.12. The average Bonchev–Trinajstić information content (AvgIpc) is 3.15. The molecule has 0 saturated heterocycles. The molecule has 1 fully saturated rings. The van der Waals surface area contributed by atoms with Gasteiger partial charge in [0.1, 0.15) is 5.60 Å². The highest BCUT2D eigenvalue weighted by molar-refractivity contribution is 5.64. The first-order valence-corrected chi connectivity index (χ1v) is 6.86. The zero-order valence-electron chi connectivity index (χ0n) is 12.3. The molecule has 1 saturated carbocycles. The maximum Gasteiger partial charge on any atom is 0.405 e. The largest absolute Gasteiger partial charge is 0.437 e. The third-order valence-electron chi connectivity index (χ3n) is 3.66. The number of nitrogens with zero attached hydrogens (tertiary/aromatic N) is 3. The number of hydrogen-bond acceptors (Lipinski definition) is 7. The second-order valence-electron chi connectivity index (χ2n) is 5.16. The van der Waals surface area contributed by atoms with E-state index in [9.17, 15) is 4.79 Å². The Bertz CT molecular complexity index is 696. The molecule has 0 spiro atoms. The Hall–Kier alpha value is -2.48. The summed E-state index contributed by atoms with van der Waals surface area (Å²) >= 11 is 0. The molecule has 0 radical (unpaired) electrons. The van der Waals surface area contributed by atoms with Gasteiger partial charge in [-0.15, -0.1) is 0 Å². The Morgan fingerprint density at radius 1 is 1.50 bits per heavy atom. The molecule has 8 nitrogen and oxygen atoms in total. The van der Waals surface area contributed by atoms with E-state index in [0.29, 0.717) is 5.82 Å². The van der Waals surface area contributed by atoms with E-state index in [4.69, 9.17) is 19.7 Å². The highest BCUT2D eigenvalue weighted by Crippen LogP contribution is 2.48. The Morgan fingerprint density at radius 2 is 2.27 bits per heavy atom. The molecule has 3 rings (SSSR count). The van der Waals surface area contributed by atoms with Crippen molar-refractivity contribution in [3.05, 3.63) is 29.9 Å². The molecule has 1 unspecified atom stereocenters. The quantitative estimate of drug-likeness (QED) is 0.897. The number of carbonyl (C=O) groups is 1. The molecule has 2 aromatic rings. The van der Waals surface area contributed by atoms with Crippen LogP contribution >= 0.6 is 0 Å². The van der Waals surface area contributed by atoms with E-state index in [1.165, 1.54) is 0 Å². The third kappa shape index (κ3) is 2.64. The van der Waals surface area contributed by atoms with Crippen LogP contribution in [-0.4, -0.2) is 28.3 Å². The molecule has 2 heterocycles. The molecule has 0 aromatic carbocycles. The van der Waals surface area contributed by atoms with Gasteiger partial charge >= 0.3 is 6.09 Å². The molecule has 0 aliphatic heterocycles. The highest BCUT2D eigenvalue weighted by Gasteiger charge is 2.46. The fourth-order valence-electron chi connectivity index (χ4n) is 2.24. The van der Waals surface area contributed by atoms with Crippen LogP contribution in [-0.2, 0) is 15.1 Å². The monoisotopic (exact) mass is 304 g/mol. The van der Waals surface area contributed by atoms with Gasteiger partial charge in [0, 0.05) is 18.9 Å². The molecule has 1 aliphatic carbocycles. The van der Waals surface area contributed by atoms with Crippen LogP contribution in [0.15, 0.2) is 22.9 Å². The predicted octanol–water partition coefficient (Wildman–Crippen LogP) is 1.92. The normalized spacial score (nSPS) is 17.0. The van der Waals surface area contributed by atoms with Crippen LogP contribution in [0.3, 0.4) is 0 Å². The topological polar surface area (TPSA) is 113 Å². The third-order valence-corrected chi connectivity index (χ3v) is 3.66. The first-order valence-electron chi connectivity index (χ1n) is 6.86. The maximum atomic E-state index is 10.7. The van der Waals surface area contributed by atoms with Crippen LogP contribution in [0, 0.1) is 0 Å². The van der Waals surface area contributed by atoms with E-state index in [1.807, 2.05) is 6.07 Å². The van der Waals surface area contributed by atoms with Crippen molar-refractivity contribution in [2.75, 3.05) is 7.11 Å². The SMILES string of the molecule is COC1(c2cc(-c3noc(C(C)OC(N)=O)n3)ccn2)CC1. The van der Waals surface area contributed by atoms with E-state index in [-0.39, 0.29) is 11.5 Å². The summed E-state index contributed by atoms with van der Waals surface area (Å²) in [5.41, 5.74) is 6.29. The molecule has 1 atom stereocenters. The minimum absolute atomic E-state index is 0.181. The lowest BCUT2D eigenvalue weighted by atomic mass is 10.1. The number of aromatic nitrogens is 3. The summed E-state index contributed by atoms with van der Waals surface area (Å²) in [5.74, 6) is 0.575. The fraction of sp³-hybridized carbons (Fsp3) is 0.429. The van der Waals surface area contributed by atoms with Crippen LogP contribution in [0.2, 0.25) is 0 Å². The average molecular weight is 304 g/mol. The molecular weight excluding hydrogens is 288 g/mol. The molecule has 2 aromatic heterocycles. The molecule has 2 N–H and O–H groups in total. The molecule has 116 valence electrons. The van der Waals surface area contributed by atoms with Gasteiger partial charge in [-0.25, -0.2) is 4.79 Å². The summed E-state index contributed by atoms with van der Waals surface area (Å²) in [6.45, 7) is 1.60. The van der Waals surface area contributed by atoms with Crippen molar-refractivity contribution >= 4 is 6.09 Å². The van der Waals surface area contributed by atoms with E-state index in [0.717, 1.165) is 24.1 Å². The number of primary amides is 1. The van der Waals surface area contributed by atoms with Gasteiger partial charge in [-0.05, 0) is 31.9 Å². The van der Waals surface area contributed by atoms with Crippen molar-refractivity contribution in [2.24, 2.45) is 5.73 Å². The number of amides is 1. The Labute approximate surface area is 126 Å². The van der Waals surface area contributed by atoms with E-state index < -0.39 is 12.2 Å². The van der Waals surface area contributed by atoms with Crippen molar-refractivity contribution < 1.29 is 18.8 Å². The number of pyridine rings is 1. The predicted molar refractivity (Wildman–Crippen MR) is 74.5 cm³/mol. The fourth-order valence-corrected chi connectivity index (χ4v) is 2.24. The molecule has 1 aliphatic rings. The zero-order chi connectivity index (χ0) is 15.7. The van der Waals surface area contributed by atoms with Gasteiger partial charge in [0.05, 0.1) is 5.69 Å². The first-order chi connectivity index (χ1) is 10.5. The van der Waals surface area contributed by atoms with Gasteiger partial charge in [0.2, 0.25) is 5.82 Å². The number of carbonyl (C=O) groups excluding carboxylic acids is 1. The lowest BCUT2D eigenvalue weighted by molar-refractivity contribution is 0.0752. The molecule has 0 bridgehead atoms. The standard InChI is InChI=1S/C14H16N4O4/c1-8(21-13(15)19)12-17-11(18-22-12)9-3-6-16-10(7-9)14(20-2)4-5-14/h3,6-8H,4-5H2,1-2H3,(H2,15,19). The second kappa shape index (κ2) is 5.38. The number of ether oxygens (including phenoxy) is 2. The van der Waals surface area contributed by atoms with Gasteiger partial charge in [0.15, 0.2) is 6.10 Å². The van der Waals surface area contributed by atoms with Crippen LogP contribution in [0.25, 0.3) is 11.4 Å². The van der Waals surface area contributed by atoms with Crippen LogP contribution in [0.5, 0.6) is 0 Å². The van der Waals surface area contributed by atoms with Crippen molar-refractivity contribution in [2.45, 2.75) is 31.5 Å². The highest BCUT2D eigenvalue weighted by atomic mass is 16.6. The van der Waals surface area contributed by atoms with Crippen LogP contribution in [0.4, 0.5) is 4.79 Å². The van der Waals surface area contributed by atoms with Gasteiger partial charge in [0.25, 0.3) is 5.89 Å². The minimum Gasteiger partial charge on any atom is -0.437 e. The lowest BCUT2D eigenvalue weighted by Crippen LogP contribution is -2.15. The molecule has 22 heavy (non-hydrogen) atoms. The van der Waals surface area contributed by atoms with Gasteiger partial charge < -0.3 is 19.7 Å². The van der Waals surface area contributed by atoms with Crippen molar-refractivity contribution in [3.8, 4) is 11.4 Å². The second-order valence-corrected chi connectivity index (χ2v) is 5.16. The number of nitrogens with two attached hydrogens (primary N) is 1. The number of hydrogen-bond donors (Lipinski definition) is 1. The van der Waals surface area contributed by atoms with Crippen molar-refractivity contribution in [1.82, 2.24) is 15.1 Å². The van der Waals surface area contributed by atoms with Crippen LogP contribution in [0.1, 0.15) is 37.5 Å². The summed E-state index contributed by atoms with van der Waals surface area (Å²) in [4.78, 5) is 19.3. The minimum atomic E-state index is -0.894. The smallest absolute Gasteiger partial charge is 0.405 e. The first kappa shape index (κ1) is 14.5. The summed E-state index contributed by atoms with van der Waals surface area (Å²) in [7, 11) is 1.68. The summed E-state index contributed by atoms with van der Waals surface area (Å²) in [6.07, 6.45) is 1.98. The summed E-state index contributed by atoms with van der Waals surface area (Å²) < 4.78 is 15.4. The van der Waals surface area contributed by atoms with Gasteiger partial charge in [-0.2, -0.15) is 4.98 Å². The van der Waals surface area contributed by atoms with Crippen LogP contribution < -0.4 is 5.73 Å². The Balaban J connectivity index is 1.84. The zero-order valence-corrected chi connectivity index (χ0v) is 12.3. The van der Waals surface area contributed by atoms with Gasteiger partial charge in [-0.1, -0.05) is 5.16 Å². The summed E-state index contributed by atoms with van der Waals surface area (Å²) in [6, 6.07) is 3.66. The number of rotatable bonds is 5. The van der Waals surface area contributed by atoms with E-state index in [2.05, 4.69) is 15.1 Å². The van der Waals surface area contributed by atoms with E-state index in [1.54, 1.807) is 26.3 Å².